The first-order valence-corrected chi connectivity index (χ1v) is 20.1. The van der Waals surface area contributed by atoms with E-state index < -0.39 is 30.0 Å². The SMILES string of the molecule is Cc1ccc(S(=O)(=O)[O-])c(Nc2nc(Nc3ccc(S(=O)(=O)[O-])c(Nc4ccc5c6c(cc(=O)n5C)-c5ccccc5C(=O)c46)c3)nc(C3CCOCC3)n2)c1.[Na+].[Na+]. The number of fused-ring (bicyclic) bond motifs is 2. The molecule has 2 aromatic heterocycles. The summed E-state index contributed by atoms with van der Waals surface area (Å²) in [5.41, 5.74) is 2.72. The number of aromatic nitrogens is 4. The Morgan fingerprint density at radius 3 is 2.00 bits per heavy atom. The number of benzene rings is 4. The molecule has 0 amide bonds. The van der Waals surface area contributed by atoms with Crippen LogP contribution >= 0.6 is 0 Å². The van der Waals surface area contributed by atoms with Gasteiger partial charge in [-0.05, 0) is 78.9 Å². The number of hydrogen-bond acceptors (Lipinski definition) is 15. The third-order valence-corrected chi connectivity index (χ3v) is 11.6. The third kappa shape index (κ3) is 8.50. The van der Waals surface area contributed by atoms with Crippen LogP contribution in [0.3, 0.4) is 0 Å². The molecule has 4 aromatic carbocycles. The number of aryl methyl sites for hydroxylation is 2. The summed E-state index contributed by atoms with van der Waals surface area (Å²) in [4.78, 5) is 39.5. The number of carbonyl (C=O) groups excluding carboxylic acids is 1. The third-order valence-electron chi connectivity index (χ3n) is 9.77. The molecule has 3 heterocycles. The predicted molar refractivity (Wildman–Crippen MR) is 204 cm³/mol. The Labute approximate surface area is 377 Å². The van der Waals surface area contributed by atoms with Crippen LogP contribution < -0.4 is 80.6 Å². The van der Waals surface area contributed by atoms with E-state index in [-0.39, 0.29) is 117 Å². The first-order valence-electron chi connectivity index (χ1n) is 17.3. The van der Waals surface area contributed by atoms with Gasteiger partial charge in [-0.2, -0.15) is 15.0 Å². The Morgan fingerprint density at radius 2 is 1.33 bits per heavy atom. The topological polar surface area (TPSA) is 237 Å². The molecule has 20 heteroatoms. The van der Waals surface area contributed by atoms with Crippen molar-refractivity contribution in [3.05, 3.63) is 112 Å². The molecule has 286 valence electrons. The van der Waals surface area contributed by atoms with E-state index in [0.29, 0.717) is 65.0 Å². The van der Waals surface area contributed by atoms with Crippen molar-refractivity contribution in [3.8, 4) is 11.1 Å². The number of nitrogens with one attached hydrogen (secondary N) is 3. The molecule has 6 aromatic rings. The molecule has 0 spiro atoms. The van der Waals surface area contributed by atoms with E-state index in [1.165, 1.54) is 41.0 Å². The van der Waals surface area contributed by atoms with Crippen molar-refractivity contribution in [3.63, 3.8) is 0 Å². The second kappa shape index (κ2) is 16.9. The summed E-state index contributed by atoms with van der Waals surface area (Å²) < 4.78 is 80.9. The van der Waals surface area contributed by atoms with E-state index in [1.807, 2.05) is 0 Å². The fourth-order valence-electron chi connectivity index (χ4n) is 7.08. The number of ether oxygens (including phenoxy) is 1. The molecule has 2 aliphatic rings. The van der Waals surface area contributed by atoms with Gasteiger partial charge in [0.2, 0.25) is 11.9 Å². The smallest absolute Gasteiger partial charge is 0.744 e. The Hall–Kier alpha value is -4.05. The van der Waals surface area contributed by atoms with Gasteiger partial charge in [-0.3, -0.25) is 9.59 Å². The van der Waals surface area contributed by atoms with Crippen LogP contribution in [0.15, 0.2) is 93.4 Å². The minimum atomic E-state index is -5.06. The Morgan fingerprint density at radius 1 is 0.707 bits per heavy atom. The minimum absolute atomic E-state index is 0. The Kier molecular flexibility index (Phi) is 12.7. The first kappa shape index (κ1) is 43.5. The van der Waals surface area contributed by atoms with Crippen LogP contribution in [-0.2, 0) is 32.0 Å². The Bertz CT molecular complexity index is 2920. The second-order valence-corrected chi connectivity index (χ2v) is 16.1. The zero-order valence-electron chi connectivity index (χ0n) is 31.7. The number of anilines is 6. The molecule has 1 saturated heterocycles. The molecule has 58 heavy (non-hydrogen) atoms. The molecule has 3 N–H and O–H groups in total. The molecular weight excluding hydrogens is 809 g/mol. The maximum absolute atomic E-state index is 14.1. The fraction of sp³-hybridized carbons (Fsp3) is 0.184. The number of hydrogen-bond donors (Lipinski definition) is 3. The van der Waals surface area contributed by atoms with E-state index in [9.17, 15) is 35.5 Å². The van der Waals surface area contributed by atoms with Gasteiger partial charge in [0.15, 0.2) is 5.78 Å². The minimum Gasteiger partial charge on any atom is -0.744 e. The van der Waals surface area contributed by atoms with Crippen LogP contribution in [0.4, 0.5) is 34.6 Å². The van der Waals surface area contributed by atoms with E-state index in [1.54, 1.807) is 50.4 Å². The molecule has 1 fully saturated rings. The monoisotopic (exact) mass is 839 g/mol. The summed E-state index contributed by atoms with van der Waals surface area (Å²) in [6, 6.07) is 19.4. The van der Waals surface area contributed by atoms with Crippen LogP contribution in [0.5, 0.6) is 0 Å². The Balaban J connectivity index is 0.00000283. The average molecular weight is 840 g/mol. The maximum Gasteiger partial charge on any atom is 1.00 e. The quantitative estimate of drug-likeness (QED) is 0.119. The molecule has 16 nitrogen and oxygen atoms in total. The normalized spacial score (nSPS) is 13.9. The molecule has 0 atom stereocenters. The molecule has 8 rings (SSSR count). The number of pyridine rings is 1. The van der Waals surface area contributed by atoms with Gasteiger partial charge in [-0.25, -0.2) is 16.8 Å². The van der Waals surface area contributed by atoms with E-state index >= 15 is 0 Å². The standard InChI is InChI=1S/C38H33N7O9S2.2Na/c1-20-7-11-30(55(48,49)50)27(17-20)41-38-43-36(21-13-15-54-16-14-21)42-37(44-38)39-22-8-12-31(56(51,52)53)28(18-22)40-26-9-10-29-33-25(19-32(46)45(29)2)23-5-3-4-6-24(23)35(47)34(26)33;;/h3-12,17-19,21,40H,13-16H2,1-2H3,(H,48,49,50)(H,51,52,53)(H2,39,41,42,43,44);;/q;2*+1/p-2. The van der Waals surface area contributed by atoms with Gasteiger partial charge in [0.1, 0.15) is 26.1 Å². The first-order chi connectivity index (χ1) is 26.7. The number of nitrogens with zero attached hydrogens (tertiary/aromatic N) is 4. The van der Waals surface area contributed by atoms with Crippen molar-refractivity contribution in [2.45, 2.75) is 35.5 Å². The molecule has 1 aliphatic heterocycles. The predicted octanol–water partition coefficient (Wildman–Crippen LogP) is -0.816. The van der Waals surface area contributed by atoms with Gasteiger partial charge in [-0.15, -0.1) is 0 Å². The van der Waals surface area contributed by atoms with Crippen molar-refractivity contribution in [2.75, 3.05) is 29.2 Å². The molecule has 0 unspecified atom stereocenters. The van der Waals surface area contributed by atoms with Crippen molar-refractivity contribution in [1.29, 1.82) is 0 Å². The van der Waals surface area contributed by atoms with Gasteiger partial charge >= 0.3 is 59.1 Å². The van der Waals surface area contributed by atoms with Crippen LogP contribution in [0.2, 0.25) is 0 Å². The molecule has 0 bridgehead atoms. The van der Waals surface area contributed by atoms with E-state index in [4.69, 9.17) is 4.74 Å². The zero-order valence-corrected chi connectivity index (χ0v) is 37.3. The van der Waals surface area contributed by atoms with Crippen LogP contribution in [-0.4, -0.2) is 64.5 Å². The zero-order chi connectivity index (χ0) is 39.5. The summed E-state index contributed by atoms with van der Waals surface area (Å²) in [6.07, 6.45) is 1.18. The number of ketones is 1. The van der Waals surface area contributed by atoms with Crippen LogP contribution in [0.25, 0.3) is 22.0 Å². The summed E-state index contributed by atoms with van der Waals surface area (Å²) in [5, 5.41) is 9.38. The van der Waals surface area contributed by atoms with Crippen LogP contribution in [0, 0.1) is 6.92 Å². The van der Waals surface area contributed by atoms with Gasteiger partial charge < -0.3 is 34.4 Å². The largest absolute Gasteiger partial charge is 1.00 e. The fourth-order valence-corrected chi connectivity index (χ4v) is 8.31. The van der Waals surface area contributed by atoms with Gasteiger partial charge in [-0.1, -0.05) is 30.3 Å². The van der Waals surface area contributed by atoms with Gasteiger partial charge in [0, 0.05) is 48.9 Å². The van der Waals surface area contributed by atoms with Crippen molar-refractivity contribution < 1.29 is 94.6 Å². The molecular formula is C38H31N7Na2O9S2. The molecule has 0 radical (unpaired) electrons. The molecule has 1 aliphatic carbocycles. The summed E-state index contributed by atoms with van der Waals surface area (Å²) >= 11 is 0. The maximum atomic E-state index is 14.1. The van der Waals surface area contributed by atoms with E-state index in [2.05, 4.69) is 30.9 Å². The molecule has 0 saturated carbocycles. The van der Waals surface area contributed by atoms with Crippen LogP contribution in [0.1, 0.15) is 46.1 Å². The van der Waals surface area contributed by atoms with Crippen molar-refractivity contribution >= 4 is 71.6 Å². The number of rotatable bonds is 9. The summed E-state index contributed by atoms with van der Waals surface area (Å²) in [5.74, 6) is -0.270. The summed E-state index contributed by atoms with van der Waals surface area (Å²) in [7, 11) is -8.36. The second-order valence-electron chi connectivity index (χ2n) is 13.4. The van der Waals surface area contributed by atoms with Crippen molar-refractivity contribution in [2.24, 2.45) is 7.05 Å². The van der Waals surface area contributed by atoms with E-state index in [0.717, 1.165) is 6.07 Å². The van der Waals surface area contributed by atoms with Crippen molar-refractivity contribution in [1.82, 2.24) is 19.5 Å². The average Bonchev–Trinajstić information content (AvgIpc) is 3.15. The van der Waals surface area contributed by atoms with Gasteiger partial charge in [0.05, 0.1) is 37.9 Å². The number of carbonyl (C=O) groups is 1. The summed E-state index contributed by atoms with van der Waals surface area (Å²) in [6.45, 7) is 2.64. The van der Waals surface area contributed by atoms with Gasteiger partial charge in [0.25, 0.3) is 5.56 Å².